The van der Waals surface area contributed by atoms with Gasteiger partial charge in [-0.25, -0.2) is 0 Å². The molecule has 4 N–H and O–H groups in total. The minimum atomic E-state index is -0.374. The number of amides is 2. The number of hydrogen-bond acceptors (Lipinski definition) is 3. The van der Waals surface area contributed by atoms with E-state index < -0.39 is 0 Å². The van der Waals surface area contributed by atoms with E-state index in [2.05, 4.69) is 17.6 Å². The molecule has 2 amide bonds. The molecule has 98 valence electrons. The van der Waals surface area contributed by atoms with E-state index >= 15 is 0 Å². The van der Waals surface area contributed by atoms with E-state index in [1.54, 1.807) is 0 Å². The van der Waals surface area contributed by atoms with Crippen LogP contribution in [-0.2, 0) is 9.59 Å². The van der Waals surface area contributed by atoms with Crippen LogP contribution in [0.1, 0.15) is 45.4 Å². The Hall–Kier alpha value is -1.10. The van der Waals surface area contributed by atoms with Crippen molar-refractivity contribution < 1.29 is 9.59 Å². The maximum absolute atomic E-state index is 12.1. The van der Waals surface area contributed by atoms with Crippen LogP contribution in [0.5, 0.6) is 0 Å². The lowest BCUT2D eigenvalue weighted by molar-refractivity contribution is -0.127. The summed E-state index contributed by atoms with van der Waals surface area (Å²) < 4.78 is 0. The fourth-order valence-electron chi connectivity index (χ4n) is 2.39. The molecule has 0 radical (unpaired) electrons. The Morgan fingerprint density at radius 3 is 2.76 bits per heavy atom. The molecule has 1 heterocycles. The first-order chi connectivity index (χ1) is 8.10. The van der Waals surface area contributed by atoms with E-state index in [9.17, 15) is 9.59 Å². The Morgan fingerprint density at radius 2 is 2.24 bits per heavy atom. The first-order valence-electron chi connectivity index (χ1n) is 6.42. The predicted octanol–water partition coefficient (Wildman–Crippen LogP) is 0.290. The topological polar surface area (TPSA) is 84.2 Å². The van der Waals surface area contributed by atoms with Gasteiger partial charge in [-0.1, -0.05) is 13.3 Å². The van der Waals surface area contributed by atoms with Gasteiger partial charge in [0.25, 0.3) is 0 Å². The molecule has 0 aliphatic carbocycles. The van der Waals surface area contributed by atoms with Crippen molar-refractivity contribution >= 4 is 11.8 Å². The molecular formula is C12H23N3O2. The average Bonchev–Trinajstić information content (AvgIpc) is 2.74. The fraction of sp³-hybridized carbons (Fsp3) is 0.833. The van der Waals surface area contributed by atoms with Crippen LogP contribution in [0, 0.1) is 0 Å². The van der Waals surface area contributed by atoms with Crippen LogP contribution in [0.3, 0.4) is 0 Å². The van der Waals surface area contributed by atoms with E-state index in [0.717, 1.165) is 32.2 Å². The highest BCUT2D eigenvalue weighted by molar-refractivity contribution is 5.86. The predicted molar refractivity (Wildman–Crippen MR) is 66.3 cm³/mol. The van der Waals surface area contributed by atoms with Gasteiger partial charge in [0.1, 0.15) is 0 Å². The van der Waals surface area contributed by atoms with Crippen molar-refractivity contribution in [3.63, 3.8) is 0 Å². The van der Waals surface area contributed by atoms with Gasteiger partial charge in [-0.05, 0) is 32.2 Å². The molecule has 1 aliphatic rings. The molecule has 0 aromatic carbocycles. The van der Waals surface area contributed by atoms with Gasteiger partial charge in [-0.2, -0.15) is 0 Å². The van der Waals surface area contributed by atoms with Gasteiger partial charge in [-0.3, -0.25) is 9.59 Å². The van der Waals surface area contributed by atoms with Crippen LogP contribution in [-0.4, -0.2) is 30.4 Å². The molecule has 0 spiro atoms. The lowest BCUT2D eigenvalue weighted by Gasteiger charge is -2.27. The first kappa shape index (κ1) is 14.0. The van der Waals surface area contributed by atoms with Crippen LogP contribution < -0.4 is 16.4 Å². The summed E-state index contributed by atoms with van der Waals surface area (Å²) in [6.07, 6.45) is 4.76. The number of carbonyl (C=O) groups is 2. The summed E-state index contributed by atoms with van der Waals surface area (Å²) in [5.41, 5.74) is 4.67. The van der Waals surface area contributed by atoms with Crippen LogP contribution in [0.15, 0.2) is 0 Å². The molecule has 0 saturated carbocycles. The number of rotatable bonds is 7. The summed E-state index contributed by atoms with van der Waals surface area (Å²) in [4.78, 5) is 22.7. The minimum absolute atomic E-state index is 0.0707. The second-order valence-electron chi connectivity index (χ2n) is 4.69. The number of nitrogens with one attached hydrogen (secondary N) is 2. The van der Waals surface area contributed by atoms with E-state index in [-0.39, 0.29) is 17.4 Å². The Balaban J connectivity index is 2.35. The maximum atomic E-state index is 12.1. The van der Waals surface area contributed by atoms with Gasteiger partial charge >= 0.3 is 0 Å². The number of primary amides is 1. The van der Waals surface area contributed by atoms with Gasteiger partial charge in [0, 0.05) is 13.0 Å². The summed E-state index contributed by atoms with van der Waals surface area (Å²) >= 11 is 0. The van der Waals surface area contributed by atoms with Crippen molar-refractivity contribution in [2.75, 3.05) is 13.1 Å². The van der Waals surface area contributed by atoms with E-state index in [1.165, 1.54) is 0 Å². The molecule has 1 saturated heterocycles. The van der Waals surface area contributed by atoms with Crippen LogP contribution in [0.4, 0.5) is 0 Å². The zero-order valence-corrected chi connectivity index (χ0v) is 10.6. The molecule has 0 aromatic rings. The van der Waals surface area contributed by atoms with Crippen LogP contribution in [0.25, 0.3) is 0 Å². The molecule has 1 fully saturated rings. The van der Waals surface area contributed by atoms with E-state index in [4.69, 9.17) is 5.73 Å². The maximum Gasteiger partial charge on any atom is 0.240 e. The standard InChI is InChI=1S/C12H23N3O2/c1-2-6-12(7-4-9-15-12)11(17)14-8-3-5-10(13)16/h15H,2-9H2,1H3,(H2,13,16)(H,14,17). The minimum Gasteiger partial charge on any atom is -0.370 e. The molecule has 0 aromatic heterocycles. The van der Waals surface area contributed by atoms with Gasteiger partial charge < -0.3 is 16.4 Å². The molecule has 1 rings (SSSR count). The van der Waals surface area contributed by atoms with Gasteiger partial charge in [0.05, 0.1) is 5.54 Å². The van der Waals surface area contributed by atoms with Crippen LogP contribution in [0.2, 0.25) is 0 Å². The summed E-state index contributed by atoms with van der Waals surface area (Å²) in [7, 11) is 0. The highest BCUT2D eigenvalue weighted by Crippen LogP contribution is 2.24. The van der Waals surface area contributed by atoms with Crippen LogP contribution >= 0.6 is 0 Å². The lowest BCUT2D eigenvalue weighted by Crippen LogP contribution is -2.53. The SMILES string of the molecule is CCCC1(C(=O)NCCCC(N)=O)CCCN1. The quantitative estimate of drug-likeness (QED) is 0.560. The number of carbonyl (C=O) groups excluding carboxylic acids is 2. The van der Waals surface area contributed by atoms with E-state index in [0.29, 0.717) is 19.4 Å². The van der Waals surface area contributed by atoms with Gasteiger partial charge in [0.2, 0.25) is 11.8 Å². The molecule has 5 nitrogen and oxygen atoms in total. The van der Waals surface area contributed by atoms with Crippen molar-refractivity contribution in [3.8, 4) is 0 Å². The second-order valence-corrected chi connectivity index (χ2v) is 4.69. The molecule has 1 atom stereocenters. The van der Waals surface area contributed by atoms with Crippen molar-refractivity contribution in [1.29, 1.82) is 0 Å². The molecule has 1 unspecified atom stereocenters. The van der Waals surface area contributed by atoms with E-state index in [1.807, 2.05) is 0 Å². The third-order valence-electron chi connectivity index (χ3n) is 3.24. The molecular weight excluding hydrogens is 218 g/mol. The average molecular weight is 241 g/mol. The smallest absolute Gasteiger partial charge is 0.240 e. The zero-order valence-electron chi connectivity index (χ0n) is 10.6. The Bertz CT molecular complexity index is 273. The first-order valence-corrected chi connectivity index (χ1v) is 6.42. The fourth-order valence-corrected chi connectivity index (χ4v) is 2.39. The molecule has 5 heteroatoms. The van der Waals surface area contributed by atoms with Gasteiger partial charge in [0.15, 0.2) is 0 Å². The molecule has 17 heavy (non-hydrogen) atoms. The van der Waals surface area contributed by atoms with Gasteiger partial charge in [-0.15, -0.1) is 0 Å². The van der Waals surface area contributed by atoms with Crippen molar-refractivity contribution in [2.45, 2.75) is 51.0 Å². The number of nitrogens with two attached hydrogens (primary N) is 1. The highest BCUT2D eigenvalue weighted by Gasteiger charge is 2.39. The molecule has 0 bridgehead atoms. The van der Waals surface area contributed by atoms with Crippen molar-refractivity contribution in [1.82, 2.24) is 10.6 Å². The summed E-state index contributed by atoms with van der Waals surface area (Å²) in [5, 5.41) is 6.21. The summed E-state index contributed by atoms with van der Waals surface area (Å²) in [5.74, 6) is -0.247. The molecule has 1 aliphatic heterocycles. The van der Waals surface area contributed by atoms with Crippen molar-refractivity contribution in [2.24, 2.45) is 5.73 Å². The Morgan fingerprint density at radius 1 is 1.47 bits per heavy atom. The lowest BCUT2D eigenvalue weighted by atomic mass is 9.91. The number of hydrogen-bond donors (Lipinski definition) is 3. The Kier molecular flexibility index (Phi) is 5.41. The summed E-state index contributed by atoms with van der Waals surface area (Å²) in [6, 6.07) is 0. The van der Waals surface area contributed by atoms with Crippen molar-refractivity contribution in [3.05, 3.63) is 0 Å². The second kappa shape index (κ2) is 6.59. The normalized spacial score (nSPS) is 23.6. The zero-order chi connectivity index (χ0) is 12.7. The highest BCUT2D eigenvalue weighted by atomic mass is 16.2. The Labute approximate surface area is 103 Å². The summed E-state index contributed by atoms with van der Waals surface area (Å²) in [6.45, 7) is 3.52. The monoisotopic (exact) mass is 241 g/mol. The third-order valence-corrected chi connectivity index (χ3v) is 3.24. The third kappa shape index (κ3) is 4.00. The largest absolute Gasteiger partial charge is 0.370 e.